The maximum atomic E-state index is 14.0. The van der Waals surface area contributed by atoms with E-state index in [2.05, 4.69) is 10.3 Å². The molecule has 102 valence electrons. The van der Waals surface area contributed by atoms with E-state index in [1.165, 1.54) is 18.3 Å². The maximum Gasteiger partial charge on any atom is 0.292 e. The number of benzene rings is 1. The highest BCUT2D eigenvalue weighted by atomic mass is 19.3. The number of nitrogens with two attached hydrogens (primary N) is 1. The highest BCUT2D eigenvalue weighted by Crippen LogP contribution is 2.29. The molecule has 1 aromatic carbocycles. The summed E-state index contributed by atoms with van der Waals surface area (Å²) in [5.74, 6) is -2.98. The van der Waals surface area contributed by atoms with Crippen molar-refractivity contribution in [2.24, 2.45) is 5.73 Å². The van der Waals surface area contributed by atoms with Gasteiger partial charge in [-0.1, -0.05) is 42.5 Å². The van der Waals surface area contributed by atoms with Gasteiger partial charge in [-0.3, -0.25) is 0 Å². The molecule has 1 aromatic heterocycles. The summed E-state index contributed by atoms with van der Waals surface area (Å²) in [6.07, 6.45) is 2.17. The lowest BCUT2D eigenvalue weighted by Gasteiger charge is -2.16. The summed E-state index contributed by atoms with van der Waals surface area (Å²) in [6, 6.07) is 7.41. The molecule has 0 fully saturated rings. The fourth-order valence-electron chi connectivity index (χ4n) is 1.75. The SMILES string of the molecule is CCC(N)c1cn(CC(F)(F)c2ccccc2)nn1. The maximum absolute atomic E-state index is 14.0. The second-order valence-corrected chi connectivity index (χ2v) is 4.43. The quantitative estimate of drug-likeness (QED) is 0.904. The van der Waals surface area contributed by atoms with E-state index < -0.39 is 12.5 Å². The van der Waals surface area contributed by atoms with Gasteiger partial charge < -0.3 is 5.73 Å². The second-order valence-electron chi connectivity index (χ2n) is 4.43. The number of aromatic nitrogens is 3. The molecule has 0 spiro atoms. The van der Waals surface area contributed by atoms with Crippen LogP contribution in [0, 0.1) is 0 Å². The Bertz CT molecular complexity index is 524. The topological polar surface area (TPSA) is 56.7 Å². The van der Waals surface area contributed by atoms with E-state index >= 15 is 0 Å². The Labute approximate surface area is 110 Å². The van der Waals surface area contributed by atoms with Crippen LogP contribution in [-0.2, 0) is 12.5 Å². The Morgan fingerprint density at radius 3 is 2.63 bits per heavy atom. The van der Waals surface area contributed by atoms with Crippen molar-refractivity contribution in [1.82, 2.24) is 15.0 Å². The number of nitrogens with zero attached hydrogens (tertiary/aromatic N) is 3. The minimum atomic E-state index is -2.98. The Balaban J connectivity index is 2.14. The first-order chi connectivity index (χ1) is 9.03. The number of halogens is 2. The molecule has 0 bridgehead atoms. The smallest absolute Gasteiger partial charge is 0.292 e. The van der Waals surface area contributed by atoms with Gasteiger partial charge in [-0.05, 0) is 6.42 Å². The van der Waals surface area contributed by atoms with Crippen LogP contribution in [0.2, 0.25) is 0 Å². The number of rotatable bonds is 5. The molecule has 2 aromatic rings. The van der Waals surface area contributed by atoms with Crippen LogP contribution in [0.1, 0.15) is 30.6 Å². The molecule has 0 aliphatic heterocycles. The summed E-state index contributed by atoms with van der Waals surface area (Å²) in [7, 11) is 0. The van der Waals surface area contributed by atoms with Gasteiger partial charge in [-0.15, -0.1) is 5.10 Å². The highest BCUT2D eigenvalue weighted by Gasteiger charge is 2.32. The van der Waals surface area contributed by atoms with Crippen molar-refractivity contribution in [3.8, 4) is 0 Å². The third-order valence-corrected chi connectivity index (χ3v) is 2.93. The van der Waals surface area contributed by atoms with Crippen LogP contribution in [0.5, 0.6) is 0 Å². The third kappa shape index (κ3) is 3.14. The van der Waals surface area contributed by atoms with E-state index in [9.17, 15) is 8.78 Å². The summed E-state index contributed by atoms with van der Waals surface area (Å²) < 4.78 is 29.2. The molecule has 6 heteroatoms. The molecule has 1 heterocycles. The van der Waals surface area contributed by atoms with Crippen LogP contribution in [0.15, 0.2) is 36.5 Å². The van der Waals surface area contributed by atoms with Gasteiger partial charge in [0.05, 0.1) is 17.9 Å². The molecule has 2 N–H and O–H groups in total. The lowest BCUT2D eigenvalue weighted by atomic mass is 10.1. The first-order valence-electron chi connectivity index (χ1n) is 6.12. The monoisotopic (exact) mass is 266 g/mol. The lowest BCUT2D eigenvalue weighted by molar-refractivity contribution is -0.0258. The second kappa shape index (κ2) is 5.44. The zero-order chi connectivity index (χ0) is 13.9. The van der Waals surface area contributed by atoms with Gasteiger partial charge in [0.15, 0.2) is 0 Å². The van der Waals surface area contributed by atoms with Crippen LogP contribution in [-0.4, -0.2) is 15.0 Å². The minimum Gasteiger partial charge on any atom is -0.323 e. The van der Waals surface area contributed by atoms with Gasteiger partial charge >= 0.3 is 0 Å². The van der Waals surface area contributed by atoms with Crippen LogP contribution in [0.25, 0.3) is 0 Å². The predicted octanol–water partition coefficient (Wildman–Crippen LogP) is 2.48. The molecule has 0 aliphatic carbocycles. The van der Waals surface area contributed by atoms with Crippen LogP contribution in [0.3, 0.4) is 0 Å². The van der Waals surface area contributed by atoms with E-state index in [4.69, 9.17) is 5.73 Å². The molecule has 1 unspecified atom stereocenters. The third-order valence-electron chi connectivity index (χ3n) is 2.93. The fourth-order valence-corrected chi connectivity index (χ4v) is 1.75. The van der Waals surface area contributed by atoms with E-state index in [-0.39, 0.29) is 11.6 Å². The first-order valence-corrected chi connectivity index (χ1v) is 6.12. The van der Waals surface area contributed by atoms with E-state index in [0.29, 0.717) is 12.1 Å². The Kier molecular flexibility index (Phi) is 3.90. The lowest BCUT2D eigenvalue weighted by Crippen LogP contribution is -2.21. The molecule has 4 nitrogen and oxygen atoms in total. The van der Waals surface area contributed by atoms with E-state index in [0.717, 1.165) is 4.68 Å². The van der Waals surface area contributed by atoms with Gasteiger partial charge in [0, 0.05) is 5.56 Å². The summed E-state index contributed by atoms with van der Waals surface area (Å²) in [4.78, 5) is 0. The van der Waals surface area contributed by atoms with Gasteiger partial charge in [-0.25, -0.2) is 4.68 Å². The fraction of sp³-hybridized carbons (Fsp3) is 0.385. The number of alkyl halides is 2. The van der Waals surface area contributed by atoms with Crippen molar-refractivity contribution in [3.05, 3.63) is 47.8 Å². The molecule has 0 saturated carbocycles. The summed E-state index contributed by atoms with van der Waals surface area (Å²) in [5.41, 5.74) is 6.28. The first kappa shape index (κ1) is 13.6. The zero-order valence-corrected chi connectivity index (χ0v) is 10.6. The van der Waals surface area contributed by atoms with Crippen molar-refractivity contribution < 1.29 is 8.78 Å². The molecular formula is C13H16F2N4. The van der Waals surface area contributed by atoms with Gasteiger partial charge in [0.1, 0.15) is 6.54 Å². The normalized spacial score (nSPS) is 13.5. The van der Waals surface area contributed by atoms with Crippen molar-refractivity contribution in [1.29, 1.82) is 0 Å². The summed E-state index contributed by atoms with van der Waals surface area (Å²) in [5, 5.41) is 7.52. The van der Waals surface area contributed by atoms with Crippen molar-refractivity contribution in [3.63, 3.8) is 0 Å². The number of hydrogen-bond donors (Lipinski definition) is 1. The molecule has 2 rings (SSSR count). The van der Waals surface area contributed by atoms with Crippen molar-refractivity contribution >= 4 is 0 Å². The average molecular weight is 266 g/mol. The molecule has 19 heavy (non-hydrogen) atoms. The number of hydrogen-bond acceptors (Lipinski definition) is 3. The Morgan fingerprint density at radius 1 is 1.32 bits per heavy atom. The van der Waals surface area contributed by atoms with Gasteiger partial charge in [-0.2, -0.15) is 8.78 Å². The largest absolute Gasteiger partial charge is 0.323 e. The molecule has 1 atom stereocenters. The van der Waals surface area contributed by atoms with Crippen LogP contribution < -0.4 is 5.73 Å². The standard InChI is InChI=1S/C13H16F2N4/c1-2-11(16)12-8-19(18-17-12)9-13(14,15)10-6-4-3-5-7-10/h3-8,11H,2,9,16H2,1H3. The molecule has 0 amide bonds. The summed E-state index contributed by atoms with van der Waals surface area (Å²) >= 11 is 0. The highest BCUT2D eigenvalue weighted by molar-refractivity contribution is 5.19. The molecule has 0 aliphatic rings. The van der Waals surface area contributed by atoms with Crippen LogP contribution >= 0.6 is 0 Å². The van der Waals surface area contributed by atoms with Gasteiger partial charge in [0.25, 0.3) is 5.92 Å². The molecule has 0 radical (unpaired) electrons. The zero-order valence-electron chi connectivity index (χ0n) is 10.6. The average Bonchev–Trinajstić information content (AvgIpc) is 2.86. The Hall–Kier alpha value is -1.82. The Morgan fingerprint density at radius 2 is 2.00 bits per heavy atom. The van der Waals surface area contributed by atoms with E-state index in [1.807, 2.05) is 6.92 Å². The predicted molar refractivity (Wildman–Crippen MR) is 67.6 cm³/mol. The molecular weight excluding hydrogens is 250 g/mol. The van der Waals surface area contributed by atoms with Crippen LogP contribution in [0.4, 0.5) is 8.78 Å². The summed E-state index contributed by atoms with van der Waals surface area (Å²) in [6.45, 7) is 1.36. The van der Waals surface area contributed by atoms with Crippen molar-refractivity contribution in [2.75, 3.05) is 0 Å². The minimum absolute atomic E-state index is 0.0353. The van der Waals surface area contributed by atoms with Crippen molar-refractivity contribution in [2.45, 2.75) is 31.9 Å². The van der Waals surface area contributed by atoms with Gasteiger partial charge in [0.2, 0.25) is 0 Å². The van der Waals surface area contributed by atoms with E-state index in [1.54, 1.807) is 18.2 Å². The molecule has 0 saturated heterocycles.